The summed E-state index contributed by atoms with van der Waals surface area (Å²) in [5.74, 6) is 0. The van der Waals surface area contributed by atoms with Crippen molar-refractivity contribution in [3.8, 4) is 0 Å². The summed E-state index contributed by atoms with van der Waals surface area (Å²) in [6.45, 7) is 3.87. The predicted molar refractivity (Wildman–Crippen MR) is 60.7 cm³/mol. The van der Waals surface area contributed by atoms with Crippen LogP contribution in [0.2, 0.25) is 25.2 Å². The fourth-order valence-electron chi connectivity index (χ4n) is 1.29. The Morgan fingerprint density at radius 2 is 1.36 bits per heavy atom. The normalized spacial score (nSPS) is 13.3. The third-order valence-corrected chi connectivity index (χ3v) is 6.61. The molecule has 0 aromatic carbocycles. The van der Waals surface area contributed by atoms with Crippen LogP contribution in [-0.4, -0.2) is 43.2 Å². The Labute approximate surface area is 88.7 Å². The molecule has 0 aliphatic carbocycles. The number of hydrogen-bond donors (Lipinski definition) is 1. The van der Waals surface area contributed by atoms with Gasteiger partial charge < -0.3 is 18.1 Å². The van der Waals surface area contributed by atoms with Gasteiger partial charge in [0.15, 0.2) is 8.32 Å². The minimum Gasteiger partial charge on any atom is -0.432 e. The van der Waals surface area contributed by atoms with Gasteiger partial charge in [-0.2, -0.15) is 0 Å². The molecule has 4 nitrogen and oxygen atoms in total. The first kappa shape index (κ1) is 14.3. The van der Waals surface area contributed by atoms with Crippen LogP contribution < -0.4 is 0 Å². The molecule has 14 heavy (non-hydrogen) atoms. The van der Waals surface area contributed by atoms with Gasteiger partial charge in [0.05, 0.1) is 0 Å². The van der Waals surface area contributed by atoms with Gasteiger partial charge in [-0.05, 0) is 25.6 Å². The molecule has 0 heterocycles. The summed E-state index contributed by atoms with van der Waals surface area (Å²) in [6.07, 6.45) is 0.900. The molecule has 0 aliphatic heterocycles. The van der Waals surface area contributed by atoms with E-state index >= 15 is 0 Å². The Balaban J connectivity index is 3.95. The van der Waals surface area contributed by atoms with Gasteiger partial charge in [0.2, 0.25) is 0 Å². The standard InChI is InChI=1S/C8H22O4Si2/c1-10-14(11-2,12-3)8-6-7-13(4,5)9/h9H,6-8H2,1-5H3. The van der Waals surface area contributed by atoms with E-state index in [1.807, 2.05) is 13.1 Å². The van der Waals surface area contributed by atoms with Gasteiger partial charge in [0, 0.05) is 27.4 Å². The van der Waals surface area contributed by atoms with E-state index in [9.17, 15) is 4.80 Å². The molecule has 6 heteroatoms. The van der Waals surface area contributed by atoms with Gasteiger partial charge in [-0.3, -0.25) is 0 Å². The average molecular weight is 238 g/mol. The second-order valence-electron chi connectivity index (χ2n) is 3.96. The van der Waals surface area contributed by atoms with Crippen LogP contribution in [0.5, 0.6) is 0 Å². The molecule has 0 radical (unpaired) electrons. The highest BCUT2D eigenvalue weighted by atomic mass is 28.4. The molecule has 0 rings (SSSR count). The Bertz CT molecular complexity index is 146. The molecular formula is C8H22O4Si2. The van der Waals surface area contributed by atoms with E-state index in [0.717, 1.165) is 18.5 Å². The maximum absolute atomic E-state index is 9.66. The zero-order valence-electron chi connectivity index (χ0n) is 9.79. The van der Waals surface area contributed by atoms with Crippen LogP contribution in [-0.2, 0) is 13.3 Å². The molecule has 0 amide bonds. The van der Waals surface area contributed by atoms with E-state index in [1.165, 1.54) is 0 Å². The van der Waals surface area contributed by atoms with Gasteiger partial charge in [-0.15, -0.1) is 0 Å². The van der Waals surface area contributed by atoms with Gasteiger partial charge in [-0.25, -0.2) is 0 Å². The van der Waals surface area contributed by atoms with E-state index in [1.54, 1.807) is 21.3 Å². The lowest BCUT2D eigenvalue weighted by atomic mass is 10.6. The Morgan fingerprint density at radius 1 is 0.929 bits per heavy atom. The minimum absolute atomic E-state index is 0.771. The van der Waals surface area contributed by atoms with Crippen molar-refractivity contribution in [3.63, 3.8) is 0 Å². The molecule has 0 aromatic heterocycles. The summed E-state index contributed by atoms with van der Waals surface area (Å²) < 4.78 is 15.8. The molecular weight excluding hydrogens is 216 g/mol. The van der Waals surface area contributed by atoms with Gasteiger partial charge in [0.1, 0.15) is 0 Å². The molecule has 0 fully saturated rings. The minimum atomic E-state index is -2.41. The summed E-state index contributed by atoms with van der Waals surface area (Å²) in [5, 5.41) is 0. The van der Waals surface area contributed by atoms with Crippen molar-refractivity contribution >= 4 is 17.1 Å². The van der Waals surface area contributed by atoms with Gasteiger partial charge in [-0.1, -0.05) is 0 Å². The quantitative estimate of drug-likeness (QED) is 0.682. The smallest absolute Gasteiger partial charge is 0.432 e. The Kier molecular flexibility index (Phi) is 6.11. The molecule has 0 atom stereocenters. The molecule has 0 saturated carbocycles. The van der Waals surface area contributed by atoms with Crippen molar-refractivity contribution in [2.45, 2.75) is 31.6 Å². The Hall–Kier alpha value is 0.274. The average Bonchev–Trinajstić information content (AvgIpc) is 2.11. The molecule has 86 valence electrons. The second-order valence-corrected chi connectivity index (χ2v) is 11.2. The molecule has 0 aliphatic rings. The summed E-state index contributed by atoms with van der Waals surface area (Å²) in [4.78, 5) is 9.66. The van der Waals surface area contributed by atoms with E-state index in [2.05, 4.69) is 0 Å². The van der Waals surface area contributed by atoms with Crippen molar-refractivity contribution in [2.75, 3.05) is 21.3 Å². The van der Waals surface area contributed by atoms with Crippen LogP contribution in [0.4, 0.5) is 0 Å². The highest BCUT2D eigenvalue weighted by molar-refractivity contribution is 6.70. The summed E-state index contributed by atoms with van der Waals surface area (Å²) in [5.41, 5.74) is 0. The summed E-state index contributed by atoms with van der Waals surface area (Å²) >= 11 is 0. The lowest BCUT2D eigenvalue weighted by Gasteiger charge is -2.25. The van der Waals surface area contributed by atoms with Crippen molar-refractivity contribution < 1.29 is 18.1 Å². The number of rotatable bonds is 7. The monoisotopic (exact) mass is 238 g/mol. The molecule has 1 N–H and O–H groups in total. The molecule has 0 unspecified atom stereocenters. The highest BCUT2D eigenvalue weighted by Crippen LogP contribution is 2.19. The summed E-state index contributed by atoms with van der Waals surface area (Å²) in [7, 11) is 0.490. The lowest BCUT2D eigenvalue weighted by molar-refractivity contribution is 0.123. The molecule has 0 saturated heterocycles. The van der Waals surface area contributed by atoms with E-state index in [-0.39, 0.29) is 0 Å². The molecule has 0 aromatic rings. The van der Waals surface area contributed by atoms with Gasteiger partial charge >= 0.3 is 8.80 Å². The maximum atomic E-state index is 9.66. The first-order valence-electron chi connectivity index (χ1n) is 4.77. The third-order valence-electron chi connectivity index (χ3n) is 2.20. The SMILES string of the molecule is CO[Si](CCC[Si](C)(C)O)(OC)OC. The van der Waals surface area contributed by atoms with E-state index < -0.39 is 17.1 Å². The van der Waals surface area contributed by atoms with Crippen molar-refractivity contribution in [1.29, 1.82) is 0 Å². The van der Waals surface area contributed by atoms with Crippen LogP contribution in [0.1, 0.15) is 6.42 Å². The van der Waals surface area contributed by atoms with E-state index in [4.69, 9.17) is 13.3 Å². The molecule has 0 spiro atoms. The first-order valence-corrected chi connectivity index (χ1v) is 9.85. The highest BCUT2D eigenvalue weighted by Gasteiger charge is 2.37. The predicted octanol–water partition coefficient (Wildman–Crippen LogP) is 1.45. The fourth-order valence-corrected chi connectivity index (χ4v) is 4.41. The van der Waals surface area contributed by atoms with Crippen LogP contribution >= 0.6 is 0 Å². The fraction of sp³-hybridized carbons (Fsp3) is 1.00. The van der Waals surface area contributed by atoms with Crippen LogP contribution in [0.25, 0.3) is 0 Å². The van der Waals surface area contributed by atoms with E-state index in [0.29, 0.717) is 0 Å². The zero-order valence-corrected chi connectivity index (χ0v) is 11.8. The van der Waals surface area contributed by atoms with Gasteiger partial charge in [0.25, 0.3) is 0 Å². The van der Waals surface area contributed by atoms with Crippen LogP contribution in [0.3, 0.4) is 0 Å². The first-order chi connectivity index (χ1) is 6.39. The van der Waals surface area contributed by atoms with Crippen LogP contribution in [0, 0.1) is 0 Å². The van der Waals surface area contributed by atoms with Crippen molar-refractivity contribution in [1.82, 2.24) is 0 Å². The molecule has 0 bridgehead atoms. The van der Waals surface area contributed by atoms with Crippen molar-refractivity contribution in [2.24, 2.45) is 0 Å². The Morgan fingerprint density at radius 3 is 1.64 bits per heavy atom. The second kappa shape index (κ2) is 5.99. The largest absolute Gasteiger partial charge is 0.500 e. The van der Waals surface area contributed by atoms with Crippen LogP contribution in [0.15, 0.2) is 0 Å². The maximum Gasteiger partial charge on any atom is 0.500 e. The topological polar surface area (TPSA) is 47.9 Å². The summed E-state index contributed by atoms with van der Waals surface area (Å²) in [6, 6.07) is 1.63. The lowest BCUT2D eigenvalue weighted by Crippen LogP contribution is -2.43. The third kappa shape index (κ3) is 5.23. The number of hydrogen-bond acceptors (Lipinski definition) is 4. The zero-order chi connectivity index (χ0) is 11.2. The van der Waals surface area contributed by atoms with Crippen molar-refractivity contribution in [3.05, 3.63) is 0 Å².